The molecule has 25 heavy (non-hydrogen) atoms. The van der Waals surface area contributed by atoms with Crippen LogP contribution in [0, 0.1) is 12.3 Å². The van der Waals surface area contributed by atoms with Gasteiger partial charge in [-0.1, -0.05) is 0 Å². The Morgan fingerprint density at radius 1 is 1.28 bits per heavy atom. The number of carbonyl (C=O) groups excluding carboxylic acids is 1. The van der Waals surface area contributed by atoms with E-state index in [1.54, 1.807) is 27.9 Å². The Morgan fingerprint density at radius 2 is 2.00 bits per heavy atom. The van der Waals surface area contributed by atoms with Crippen LogP contribution < -0.4 is 0 Å². The standard InChI is InChI=1S/C18H21N3O4/c1-13-7-9-19-21(13)15-5-3-14(4-6-15)16(22)20-10-8-18(11-20,12-25-2)17(23)24/h3-7,9H,8,10-12H2,1-2H3,(H,23,24). The summed E-state index contributed by atoms with van der Waals surface area (Å²) in [4.78, 5) is 25.9. The Balaban J connectivity index is 1.76. The molecule has 1 fully saturated rings. The summed E-state index contributed by atoms with van der Waals surface area (Å²) in [6.07, 6.45) is 2.12. The van der Waals surface area contributed by atoms with Crippen LogP contribution in [0.2, 0.25) is 0 Å². The van der Waals surface area contributed by atoms with Crippen LogP contribution in [0.1, 0.15) is 22.5 Å². The minimum absolute atomic E-state index is 0.101. The summed E-state index contributed by atoms with van der Waals surface area (Å²) >= 11 is 0. The molecule has 1 aromatic heterocycles. The van der Waals surface area contributed by atoms with Crippen LogP contribution >= 0.6 is 0 Å². The van der Waals surface area contributed by atoms with Crippen molar-refractivity contribution in [1.82, 2.24) is 14.7 Å². The SMILES string of the molecule is COCC1(C(=O)O)CCN(C(=O)c2ccc(-n3nccc3C)cc2)C1. The van der Waals surface area contributed by atoms with Crippen LogP contribution in [0.3, 0.4) is 0 Å². The Bertz CT molecular complexity index is 784. The van der Waals surface area contributed by atoms with Crippen molar-refractivity contribution in [2.75, 3.05) is 26.8 Å². The van der Waals surface area contributed by atoms with Crippen molar-refractivity contribution in [2.24, 2.45) is 5.41 Å². The van der Waals surface area contributed by atoms with Crippen molar-refractivity contribution < 1.29 is 19.4 Å². The van der Waals surface area contributed by atoms with Gasteiger partial charge in [0.05, 0.1) is 12.3 Å². The second-order valence-electron chi connectivity index (χ2n) is 6.43. The maximum Gasteiger partial charge on any atom is 0.313 e. The molecule has 1 saturated heterocycles. The zero-order valence-electron chi connectivity index (χ0n) is 14.3. The second-order valence-corrected chi connectivity index (χ2v) is 6.43. The molecule has 1 aromatic carbocycles. The Morgan fingerprint density at radius 3 is 2.56 bits per heavy atom. The third-order valence-electron chi connectivity index (χ3n) is 4.71. The summed E-state index contributed by atoms with van der Waals surface area (Å²) in [6, 6.07) is 9.07. The number of nitrogens with zero attached hydrogens (tertiary/aromatic N) is 3. The first-order valence-electron chi connectivity index (χ1n) is 8.09. The lowest BCUT2D eigenvalue weighted by Gasteiger charge is -2.23. The van der Waals surface area contributed by atoms with E-state index in [0.717, 1.165) is 11.4 Å². The number of aromatic nitrogens is 2. The predicted octanol–water partition coefficient (Wildman–Crippen LogP) is 1.74. The average molecular weight is 343 g/mol. The lowest BCUT2D eigenvalue weighted by molar-refractivity contribution is -0.151. The van der Waals surface area contributed by atoms with Gasteiger partial charge in [-0.25, -0.2) is 4.68 Å². The van der Waals surface area contributed by atoms with Crippen molar-refractivity contribution in [3.63, 3.8) is 0 Å². The predicted molar refractivity (Wildman–Crippen MR) is 90.8 cm³/mol. The summed E-state index contributed by atoms with van der Waals surface area (Å²) in [5, 5.41) is 13.7. The molecule has 0 spiro atoms. The number of amides is 1. The molecular formula is C18H21N3O4. The van der Waals surface area contributed by atoms with Gasteiger partial charge in [0.2, 0.25) is 0 Å². The summed E-state index contributed by atoms with van der Waals surface area (Å²) in [6.45, 7) is 2.63. The highest BCUT2D eigenvalue weighted by Crippen LogP contribution is 2.32. The topological polar surface area (TPSA) is 84.7 Å². The Labute approximate surface area is 145 Å². The van der Waals surface area contributed by atoms with E-state index in [9.17, 15) is 14.7 Å². The minimum atomic E-state index is -1.02. The van der Waals surface area contributed by atoms with E-state index >= 15 is 0 Å². The number of methoxy groups -OCH3 is 1. The average Bonchev–Trinajstić information content (AvgIpc) is 3.22. The van der Waals surface area contributed by atoms with E-state index < -0.39 is 11.4 Å². The Hall–Kier alpha value is -2.67. The van der Waals surface area contributed by atoms with Gasteiger partial charge in [-0.05, 0) is 43.7 Å². The molecule has 0 aliphatic carbocycles. The minimum Gasteiger partial charge on any atom is -0.481 e. The molecule has 1 unspecified atom stereocenters. The van der Waals surface area contributed by atoms with Crippen molar-refractivity contribution in [1.29, 1.82) is 0 Å². The Kier molecular flexibility index (Phi) is 4.59. The molecule has 2 heterocycles. The van der Waals surface area contributed by atoms with Gasteiger partial charge < -0.3 is 14.7 Å². The van der Waals surface area contributed by atoms with E-state index in [2.05, 4.69) is 5.10 Å². The third kappa shape index (κ3) is 3.15. The summed E-state index contributed by atoms with van der Waals surface area (Å²) in [5.74, 6) is -1.09. The van der Waals surface area contributed by atoms with Crippen molar-refractivity contribution in [3.05, 3.63) is 47.8 Å². The van der Waals surface area contributed by atoms with E-state index in [1.165, 1.54) is 7.11 Å². The highest BCUT2D eigenvalue weighted by atomic mass is 16.5. The van der Waals surface area contributed by atoms with E-state index in [1.807, 2.05) is 25.1 Å². The van der Waals surface area contributed by atoms with Crippen molar-refractivity contribution >= 4 is 11.9 Å². The monoisotopic (exact) mass is 343 g/mol. The number of carbonyl (C=O) groups is 2. The molecule has 0 saturated carbocycles. The molecule has 7 nitrogen and oxygen atoms in total. The molecule has 132 valence electrons. The fourth-order valence-corrected chi connectivity index (χ4v) is 3.24. The number of likely N-dealkylation sites (tertiary alicyclic amines) is 1. The molecule has 7 heteroatoms. The van der Waals surface area contributed by atoms with Gasteiger partial charge in [-0.2, -0.15) is 5.10 Å². The van der Waals surface area contributed by atoms with Gasteiger partial charge in [-0.15, -0.1) is 0 Å². The number of hydrogen-bond donors (Lipinski definition) is 1. The fraction of sp³-hybridized carbons (Fsp3) is 0.389. The molecule has 1 aliphatic heterocycles. The van der Waals surface area contributed by atoms with Crippen LogP contribution in [0.5, 0.6) is 0 Å². The summed E-state index contributed by atoms with van der Waals surface area (Å²) in [5.41, 5.74) is 1.40. The van der Waals surface area contributed by atoms with Gasteiger partial charge in [0.1, 0.15) is 5.41 Å². The van der Waals surface area contributed by atoms with Gasteiger partial charge >= 0.3 is 5.97 Å². The number of rotatable bonds is 5. The number of ether oxygens (including phenoxy) is 1. The zero-order valence-corrected chi connectivity index (χ0v) is 14.3. The number of benzene rings is 1. The molecule has 1 atom stereocenters. The third-order valence-corrected chi connectivity index (χ3v) is 4.71. The highest BCUT2D eigenvalue weighted by molar-refractivity contribution is 5.95. The molecule has 3 rings (SSSR count). The number of hydrogen-bond acceptors (Lipinski definition) is 4. The number of aliphatic carboxylic acids is 1. The summed E-state index contributed by atoms with van der Waals surface area (Å²) < 4.78 is 6.85. The molecule has 1 amide bonds. The van der Waals surface area contributed by atoms with Crippen LogP contribution in [-0.4, -0.2) is 58.5 Å². The zero-order chi connectivity index (χ0) is 18.0. The molecule has 2 aromatic rings. The van der Waals surface area contributed by atoms with Crippen LogP contribution in [-0.2, 0) is 9.53 Å². The smallest absolute Gasteiger partial charge is 0.313 e. The second kappa shape index (κ2) is 6.68. The van der Waals surface area contributed by atoms with Gasteiger partial charge in [0.15, 0.2) is 0 Å². The number of aryl methyl sites for hydroxylation is 1. The first-order chi connectivity index (χ1) is 12.0. The van der Waals surface area contributed by atoms with Crippen molar-refractivity contribution in [2.45, 2.75) is 13.3 Å². The number of carboxylic acid groups (broad SMARTS) is 1. The maximum absolute atomic E-state index is 12.7. The highest BCUT2D eigenvalue weighted by Gasteiger charge is 2.46. The van der Waals surface area contributed by atoms with Crippen LogP contribution in [0.15, 0.2) is 36.5 Å². The first-order valence-corrected chi connectivity index (χ1v) is 8.09. The lowest BCUT2D eigenvalue weighted by atomic mass is 9.88. The molecule has 0 radical (unpaired) electrons. The normalized spacial score (nSPS) is 20.0. The van der Waals surface area contributed by atoms with Crippen molar-refractivity contribution in [3.8, 4) is 5.69 Å². The maximum atomic E-state index is 12.7. The lowest BCUT2D eigenvalue weighted by Crippen LogP contribution is -2.40. The quantitative estimate of drug-likeness (QED) is 0.894. The molecule has 0 bridgehead atoms. The van der Waals surface area contributed by atoms with E-state index in [4.69, 9.17) is 4.74 Å². The van der Waals surface area contributed by atoms with E-state index in [-0.39, 0.29) is 19.1 Å². The largest absolute Gasteiger partial charge is 0.481 e. The van der Waals surface area contributed by atoms with Gasteiger partial charge in [-0.3, -0.25) is 9.59 Å². The fourth-order valence-electron chi connectivity index (χ4n) is 3.24. The van der Waals surface area contributed by atoms with Gasteiger partial charge in [0.25, 0.3) is 5.91 Å². The first kappa shape index (κ1) is 17.2. The molecular weight excluding hydrogens is 322 g/mol. The van der Waals surface area contributed by atoms with E-state index in [0.29, 0.717) is 18.5 Å². The van der Waals surface area contributed by atoms with Crippen LogP contribution in [0.4, 0.5) is 0 Å². The van der Waals surface area contributed by atoms with Crippen LogP contribution in [0.25, 0.3) is 5.69 Å². The summed E-state index contributed by atoms with van der Waals surface area (Å²) in [7, 11) is 1.48. The molecule has 1 N–H and O–H groups in total. The van der Waals surface area contributed by atoms with Gasteiger partial charge in [0, 0.05) is 37.7 Å². The molecule has 1 aliphatic rings. The number of carboxylic acids is 1.